The average molecular weight is 836 g/mol. The Hall–Kier alpha value is -4.95. The minimum atomic E-state index is -4.19. The number of sulfone groups is 2. The van der Waals surface area contributed by atoms with Crippen LogP contribution in [0.15, 0.2) is 94.7 Å². The third kappa shape index (κ3) is 8.27. The van der Waals surface area contributed by atoms with E-state index in [4.69, 9.17) is 23.2 Å². The highest BCUT2D eigenvalue weighted by atomic mass is 35.5. The fraction of sp³-hybridized carbons (Fsp3) is 0.244. The Morgan fingerprint density at radius 3 is 1.27 bits per heavy atom. The summed E-state index contributed by atoms with van der Waals surface area (Å²) in [5.41, 5.74) is 5.59. The van der Waals surface area contributed by atoms with Gasteiger partial charge in [-0.05, 0) is 111 Å². The predicted octanol–water partition coefficient (Wildman–Crippen LogP) is 7.39. The summed E-state index contributed by atoms with van der Waals surface area (Å²) in [6.45, 7) is 7.34. The molecule has 0 radical (unpaired) electrons. The van der Waals surface area contributed by atoms with Crippen LogP contribution in [0, 0.1) is 13.8 Å². The van der Waals surface area contributed by atoms with Crippen LogP contribution in [0.1, 0.15) is 69.2 Å². The second-order valence-corrected chi connectivity index (χ2v) is 18.9. The minimum absolute atomic E-state index is 0.161. The van der Waals surface area contributed by atoms with Crippen molar-refractivity contribution in [3.05, 3.63) is 129 Å². The van der Waals surface area contributed by atoms with Crippen molar-refractivity contribution in [1.29, 1.82) is 0 Å². The van der Waals surface area contributed by atoms with Crippen molar-refractivity contribution in [1.82, 2.24) is 19.8 Å². The Kier molecular flexibility index (Phi) is 11.3. The van der Waals surface area contributed by atoms with Crippen molar-refractivity contribution in [2.45, 2.75) is 49.6 Å². The first kappa shape index (κ1) is 40.7. The Balaban J connectivity index is 1.05. The van der Waals surface area contributed by atoms with Crippen LogP contribution < -0.4 is 10.6 Å². The predicted molar refractivity (Wildman–Crippen MR) is 219 cm³/mol. The normalized spacial score (nSPS) is 13.1. The zero-order valence-electron chi connectivity index (χ0n) is 31.5. The van der Waals surface area contributed by atoms with Crippen molar-refractivity contribution in [3.8, 4) is 0 Å². The summed E-state index contributed by atoms with van der Waals surface area (Å²) >= 11 is 12.8. The molecule has 0 bridgehead atoms. The molecule has 56 heavy (non-hydrogen) atoms. The number of Topliss-reactive ketones (excluding diaryl/α,β-unsaturated/α-hetero) is 1. The smallest absolute Gasteiger partial charge is 0.268 e. The molecule has 0 aliphatic heterocycles. The van der Waals surface area contributed by atoms with Crippen molar-refractivity contribution < 1.29 is 31.2 Å². The van der Waals surface area contributed by atoms with Gasteiger partial charge in [-0.25, -0.2) is 16.8 Å². The molecule has 0 aliphatic rings. The van der Waals surface area contributed by atoms with Crippen LogP contribution in [-0.4, -0.2) is 55.1 Å². The summed E-state index contributed by atoms with van der Waals surface area (Å²) in [6, 6.07) is 21.4. The van der Waals surface area contributed by atoms with Gasteiger partial charge in [-0.2, -0.15) is 0 Å². The molecule has 0 saturated carbocycles. The van der Waals surface area contributed by atoms with Gasteiger partial charge in [-0.15, -0.1) is 0 Å². The molecule has 0 fully saturated rings. The van der Waals surface area contributed by atoms with Crippen LogP contribution in [0.2, 0.25) is 10.0 Å². The molecule has 2 aromatic heterocycles. The van der Waals surface area contributed by atoms with Gasteiger partial charge in [0.05, 0.1) is 43.0 Å². The Morgan fingerprint density at radius 1 is 0.589 bits per heavy atom. The number of carbonyl (C=O) groups excluding carboxylic acids is 3. The van der Waals surface area contributed by atoms with E-state index < -0.39 is 49.0 Å². The number of nitrogens with one attached hydrogen (secondary N) is 2. The molecule has 2 heterocycles. The zero-order chi connectivity index (χ0) is 40.9. The molecule has 0 saturated heterocycles. The number of carbonyl (C=O) groups is 3. The molecule has 11 nitrogen and oxygen atoms in total. The second-order valence-electron chi connectivity index (χ2n) is 14.1. The van der Waals surface area contributed by atoms with Crippen molar-refractivity contribution in [3.63, 3.8) is 0 Å². The van der Waals surface area contributed by atoms with Crippen LogP contribution in [0.25, 0.3) is 21.8 Å². The topological polar surface area (TPSA) is 153 Å². The van der Waals surface area contributed by atoms with Gasteiger partial charge in [0.2, 0.25) is 0 Å². The maximum Gasteiger partial charge on any atom is 0.268 e. The first-order valence-electron chi connectivity index (χ1n) is 17.6. The van der Waals surface area contributed by atoms with Crippen molar-refractivity contribution in [2.75, 3.05) is 11.5 Å². The molecule has 2 atom stereocenters. The van der Waals surface area contributed by atoms with E-state index in [1.165, 1.54) is 48.5 Å². The van der Waals surface area contributed by atoms with Gasteiger partial charge in [0, 0.05) is 24.9 Å². The standard InChI is InChI=1S/C41H40Cl2N4O7S2/c1-23-15-34(42)32-19-38(46(5)36(32)17-23)40(49)44-25(3)27-7-11-30(12-8-27)55(51,52)21-29(48)22-56(53,54)31-13-9-28(10-14-31)26(4)45-41(50)39-20-33-35(43)16-24(2)18-37(33)47(39)6/h7-20,25-26H,21-22H2,1-6H3,(H,44,49)(H,45,50). The lowest BCUT2D eigenvalue weighted by Gasteiger charge is -2.16. The number of hydrogen-bond acceptors (Lipinski definition) is 7. The number of ketones is 1. The molecule has 6 aromatic rings. The van der Waals surface area contributed by atoms with E-state index in [0.29, 0.717) is 32.6 Å². The fourth-order valence-electron chi connectivity index (χ4n) is 6.74. The monoisotopic (exact) mass is 834 g/mol. The van der Waals surface area contributed by atoms with E-state index in [9.17, 15) is 31.2 Å². The average Bonchev–Trinajstić information content (AvgIpc) is 3.64. The number of halogens is 2. The first-order valence-corrected chi connectivity index (χ1v) is 21.6. The number of aromatic nitrogens is 2. The summed E-state index contributed by atoms with van der Waals surface area (Å²) in [7, 11) is -4.82. The highest BCUT2D eigenvalue weighted by Gasteiger charge is 2.26. The van der Waals surface area contributed by atoms with Crippen LogP contribution in [-0.2, 0) is 38.6 Å². The molecule has 4 aromatic carbocycles. The Morgan fingerprint density at radius 2 is 0.929 bits per heavy atom. The summed E-state index contributed by atoms with van der Waals surface area (Å²) in [5.74, 6) is -3.71. The van der Waals surface area contributed by atoms with E-state index in [1.54, 1.807) is 49.2 Å². The van der Waals surface area contributed by atoms with Crippen molar-refractivity contribution in [2.24, 2.45) is 14.1 Å². The molecule has 2 N–H and O–H groups in total. The van der Waals surface area contributed by atoms with E-state index in [0.717, 1.165) is 32.9 Å². The lowest BCUT2D eigenvalue weighted by Crippen LogP contribution is -2.28. The zero-order valence-corrected chi connectivity index (χ0v) is 34.6. The van der Waals surface area contributed by atoms with Gasteiger partial charge in [-0.3, -0.25) is 14.4 Å². The van der Waals surface area contributed by atoms with E-state index in [2.05, 4.69) is 10.6 Å². The summed E-state index contributed by atoms with van der Waals surface area (Å²) in [6.07, 6.45) is 0. The molecular weight excluding hydrogens is 796 g/mol. The number of rotatable bonds is 12. The number of benzene rings is 4. The largest absolute Gasteiger partial charge is 0.344 e. The SMILES string of the molecule is Cc1cc(Cl)c2cc(C(=O)NC(C)c3ccc(S(=O)(=O)CC(=O)CS(=O)(=O)c4ccc(C(C)NC(=O)c5cc6c(Cl)cc(C)cc6n5C)cc4)cc3)n(C)c2c1. The van der Waals surface area contributed by atoms with Gasteiger partial charge in [-0.1, -0.05) is 47.5 Å². The first-order chi connectivity index (χ1) is 26.2. The third-order valence-corrected chi connectivity index (χ3v) is 13.9. The molecule has 2 amide bonds. The lowest BCUT2D eigenvalue weighted by molar-refractivity contribution is -0.114. The minimum Gasteiger partial charge on any atom is -0.344 e. The van der Waals surface area contributed by atoms with Gasteiger partial charge in [0.25, 0.3) is 11.8 Å². The number of nitrogens with zero attached hydrogens (tertiary/aromatic N) is 2. The highest BCUT2D eigenvalue weighted by Crippen LogP contribution is 2.30. The van der Waals surface area contributed by atoms with Crippen LogP contribution in [0.4, 0.5) is 0 Å². The number of amides is 2. The summed E-state index contributed by atoms with van der Waals surface area (Å²) in [4.78, 5) is 38.9. The fourth-order valence-corrected chi connectivity index (χ4v) is 10.0. The second kappa shape index (κ2) is 15.5. The van der Waals surface area contributed by atoms with E-state index >= 15 is 0 Å². The summed E-state index contributed by atoms with van der Waals surface area (Å²) in [5, 5.41) is 8.41. The van der Waals surface area contributed by atoms with E-state index in [-0.39, 0.29) is 21.6 Å². The van der Waals surface area contributed by atoms with Crippen molar-refractivity contribution >= 4 is 82.3 Å². The molecule has 6 rings (SSSR count). The van der Waals surface area contributed by atoms with Gasteiger partial charge in [0.1, 0.15) is 22.9 Å². The Labute approximate surface area is 335 Å². The van der Waals surface area contributed by atoms with Gasteiger partial charge >= 0.3 is 0 Å². The number of fused-ring (bicyclic) bond motifs is 2. The van der Waals surface area contributed by atoms with Crippen LogP contribution in [0.5, 0.6) is 0 Å². The third-order valence-electron chi connectivity index (χ3n) is 9.85. The maximum atomic E-state index is 13.2. The molecular formula is C41H40Cl2N4O7S2. The molecule has 292 valence electrons. The van der Waals surface area contributed by atoms with Gasteiger partial charge in [0.15, 0.2) is 25.5 Å². The lowest BCUT2D eigenvalue weighted by atomic mass is 10.1. The quantitative estimate of drug-likeness (QED) is 0.130. The van der Waals surface area contributed by atoms with Gasteiger partial charge < -0.3 is 19.8 Å². The van der Waals surface area contributed by atoms with E-state index in [1.807, 2.05) is 38.1 Å². The number of aryl methyl sites for hydroxylation is 4. The molecule has 0 spiro atoms. The molecule has 15 heteroatoms. The Bertz CT molecular complexity index is 2590. The van der Waals surface area contributed by atoms with Crippen LogP contribution >= 0.6 is 23.2 Å². The summed E-state index contributed by atoms with van der Waals surface area (Å²) < 4.78 is 56.1. The molecule has 0 aliphatic carbocycles. The van der Waals surface area contributed by atoms with Crippen LogP contribution in [0.3, 0.4) is 0 Å². The highest BCUT2D eigenvalue weighted by molar-refractivity contribution is 7.93. The maximum absolute atomic E-state index is 13.2. The number of hydrogen-bond donors (Lipinski definition) is 2. The molecule has 2 unspecified atom stereocenters.